The fourth-order valence-corrected chi connectivity index (χ4v) is 3.79. The molecule has 1 fully saturated rings. The number of aryl methyl sites for hydroxylation is 1. The molecule has 0 bridgehead atoms. The lowest BCUT2D eigenvalue weighted by atomic mass is 9.74. The van der Waals surface area contributed by atoms with Crippen molar-refractivity contribution in [2.75, 3.05) is 0 Å². The Labute approximate surface area is 115 Å². The molecule has 0 N–H and O–H groups in total. The van der Waals surface area contributed by atoms with Crippen LogP contribution in [0.3, 0.4) is 0 Å². The van der Waals surface area contributed by atoms with Crippen LogP contribution in [0.4, 0.5) is 0 Å². The van der Waals surface area contributed by atoms with E-state index in [4.69, 9.17) is 5.10 Å². The Balaban J connectivity index is 2.02. The number of carbonyl (C=O) groups is 1. The van der Waals surface area contributed by atoms with Gasteiger partial charge in [-0.2, -0.15) is 5.10 Å². The van der Waals surface area contributed by atoms with Crippen LogP contribution in [0.25, 0.3) is 0 Å². The van der Waals surface area contributed by atoms with Gasteiger partial charge >= 0.3 is 0 Å². The standard InChI is InChI=1S/C16H24N2O/c1-16(2)9-12-14(13(19)10-16)15(17-18(12)3)11-7-5-4-6-8-11/h11H,4-10H2,1-3H3. The number of Topliss-reactive ketones (excluding diaryl/α,β-unsaturated/α-hetero) is 1. The summed E-state index contributed by atoms with van der Waals surface area (Å²) in [7, 11) is 2.00. The van der Waals surface area contributed by atoms with Crippen molar-refractivity contribution in [3.63, 3.8) is 0 Å². The number of carbonyl (C=O) groups excluding carboxylic acids is 1. The lowest BCUT2D eigenvalue weighted by Crippen LogP contribution is -2.28. The first-order chi connectivity index (χ1) is 8.98. The third-order valence-electron chi connectivity index (χ3n) is 4.75. The van der Waals surface area contributed by atoms with Crippen molar-refractivity contribution in [3.05, 3.63) is 17.0 Å². The first kappa shape index (κ1) is 12.9. The van der Waals surface area contributed by atoms with Gasteiger partial charge in [0.15, 0.2) is 5.78 Å². The predicted octanol–water partition coefficient (Wildman–Crippen LogP) is 3.62. The van der Waals surface area contributed by atoms with E-state index in [1.807, 2.05) is 11.7 Å². The van der Waals surface area contributed by atoms with Crippen LogP contribution in [0.2, 0.25) is 0 Å². The minimum Gasteiger partial charge on any atom is -0.294 e. The maximum Gasteiger partial charge on any atom is 0.167 e. The maximum atomic E-state index is 12.5. The minimum atomic E-state index is 0.0850. The summed E-state index contributed by atoms with van der Waals surface area (Å²) in [5.74, 6) is 0.841. The van der Waals surface area contributed by atoms with Gasteiger partial charge in [-0.3, -0.25) is 9.48 Å². The maximum absolute atomic E-state index is 12.5. The molecule has 19 heavy (non-hydrogen) atoms. The van der Waals surface area contributed by atoms with Gasteiger partial charge in [-0.15, -0.1) is 0 Å². The van der Waals surface area contributed by atoms with E-state index in [0.717, 1.165) is 17.7 Å². The van der Waals surface area contributed by atoms with E-state index in [0.29, 0.717) is 18.1 Å². The molecule has 3 nitrogen and oxygen atoms in total. The third kappa shape index (κ3) is 2.24. The number of ketones is 1. The van der Waals surface area contributed by atoms with E-state index in [-0.39, 0.29) is 5.41 Å². The largest absolute Gasteiger partial charge is 0.294 e. The van der Waals surface area contributed by atoms with Crippen LogP contribution >= 0.6 is 0 Å². The smallest absolute Gasteiger partial charge is 0.167 e. The summed E-state index contributed by atoms with van der Waals surface area (Å²) >= 11 is 0. The lowest BCUT2D eigenvalue weighted by Gasteiger charge is -2.29. The van der Waals surface area contributed by atoms with Gasteiger partial charge in [0.2, 0.25) is 0 Å². The highest BCUT2D eigenvalue weighted by molar-refractivity contribution is 6.00. The average Bonchev–Trinajstić information content (AvgIpc) is 2.67. The van der Waals surface area contributed by atoms with Gasteiger partial charge in [-0.1, -0.05) is 33.1 Å². The highest BCUT2D eigenvalue weighted by Crippen LogP contribution is 2.40. The molecule has 1 aromatic heterocycles. The molecule has 1 aromatic rings. The molecule has 1 saturated carbocycles. The molecule has 0 unspecified atom stereocenters. The number of fused-ring (bicyclic) bond motifs is 1. The van der Waals surface area contributed by atoms with Gasteiger partial charge in [0.25, 0.3) is 0 Å². The molecule has 3 rings (SSSR count). The predicted molar refractivity (Wildman–Crippen MR) is 75.5 cm³/mol. The molecule has 0 saturated heterocycles. The van der Waals surface area contributed by atoms with Crippen molar-refractivity contribution < 1.29 is 4.79 Å². The van der Waals surface area contributed by atoms with E-state index < -0.39 is 0 Å². The summed E-state index contributed by atoms with van der Waals surface area (Å²) in [6, 6.07) is 0. The monoisotopic (exact) mass is 260 g/mol. The number of nitrogens with zero attached hydrogens (tertiary/aromatic N) is 2. The van der Waals surface area contributed by atoms with Crippen LogP contribution in [0.15, 0.2) is 0 Å². The van der Waals surface area contributed by atoms with E-state index in [2.05, 4.69) is 13.8 Å². The van der Waals surface area contributed by atoms with Crippen LogP contribution in [-0.4, -0.2) is 15.6 Å². The van der Waals surface area contributed by atoms with Crippen molar-refractivity contribution in [2.24, 2.45) is 12.5 Å². The Hall–Kier alpha value is -1.12. The molecule has 3 heteroatoms. The molecular formula is C16H24N2O. The number of rotatable bonds is 1. The Morgan fingerprint density at radius 2 is 1.84 bits per heavy atom. The van der Waals surface area contributed by atoms with E-state index in [1.165, 1.54) is 37.8 Å². The molecule has 104 valence electrons. The van der Waals surface area contributed by atoms with Crippen LogP contribution in [0.5, 0.6) is 0 Å². The molecule has 0 aromatic carbocycles. The molecule has 1 heterocycles. The van der Waals surface area contributed by atoms with E-state index >= 15 is 0 Å². The zero-order chi connectivity index (χ0) is 13.6. The fraction of sp³-hybridized carbons (Fsp3) is 0.750. The minimum absolute atomic E-state index is 0.0850. The second-order valence-electron chi connectivity index (χ2n) is 7.11. The van der Waals surface area contributed by atoms with Gasteiger partial charge in [0, 0.05) is 25.1 Å². The van der Waals surface area contributed by atoms with Crippen molar-refractivity contribution in [3.8, 4) is 0 Å². The van der Waals surface area contributed by atoms with Crippen molar-refractivity contribution in [1.29, 1.82) is 0 Å². The van der Waals surface area contributed by atoms with Crippen LogP contribution in [-0.2, 0) is 13.5 Å². The Morgan fingerprint density at radius 3 is 2.53 bits per heavy atom. The second-order valence-corrected chi connectivity index (χ2v) is 7.11. The molecule has 0 aliphatic heterocycles. The van der Waals surface area contributed by atoms with Crippen LogP contribution in [0, 0.1) is 5.41 Å². The fourth-order valence-electron chi connectivity index (χ4n) is 3.79. The summed E-state index contributed by atoms with van der Waals surface area (Å²) in [5, 5.41) is 4.73. The molecule has 0 spiro atoms. The molecule has 2 aliphatic carbocycles. The number of hydrogen-bond donors (Lipinski definition) is 0. The summed E-state index contributed by atoms with van der Waals surface area (Å²) in [4.78, 5) is 12.5. The highest BCUT2D eigenvalue weighted by atomic mass is 16.1. The third-order valence-corrected chi connectivity index (χ3v) is 4.75. The number of aromatic nitrogens is 2. The summed E-state index contributed by atoms with van der Waals surface area (Å²) in [5.41, 5.74) is 3.34. The van der Waals surface area contributed by atoms with E-state index in [9.17, 15) is 4.79 Å². The SMILES string of the molecule is Cn1nc(C2CCCCC2)c2c1CC(C)(C)CC2=O. The normalized spacial score (nSPS) is 23.4. The van der Waals surface area contributed by atoms with Crippen molar-refractivity contribution in [2.45, 2.75) is 64.7 Å². The zero-order valence-electron chi connectivity index (χ0n) is 12.3. The van der Waals surface area contributed by atoms with Crippen molar-refractivity contribution in [1.82, 2.24) is 9.78 Å². The topological polar surface area (TPSA) is 34.9 Å². The Morgan fingerprint density at radius 1 is 1.16 bits per heavy atom. The second kappa shape index (κ2) is 4.46. The van der Waals surface area contributed by atoms with E-state index in [1.54, 1.807) is 0 Å². The molecule has 0 amide bonds. The summed E-state index contributed by atoms with van der Waals surface area (Å²) in [6.45, 7) is 4.36. The quantitative estimate of drug-likeness (QED) is 0.773. The van der Waals surface area contributed by atoms with Gasteiger partial charge < -0.3 is 0 Å². The van der Waals surface area contributed by atoms with Gasteiger partial charge in [-0.25, -0.2) is 0 Å². The first-order valence-electron chi connectivity index (χ1n) is 7.57. The Kier molecular flexibility index (Phi) is 3.03. The molecule has 0 atom stereocenters. The van der Waals surface area contributed by atoms with Crippen LogP contribution < -0.4 is 0 Å². The van der Waals surface area contributed by atoms with Gasteiger partial charge in [0.05, 0.1) is 11.3 Å². The highest BCUT2D eigenvalue weighted by Gasteiger charge is 2.37. The van der Waals surface area contributed by atoms with Crippen molar-refractivity contribution >= 4 is 5.78 Å². The average molecular weight is 260 g/mol. The zero-order valence-corrected chi connectivity index (χ0v) is 12.3. The van der Waals surface area contributed by atoms with Gasteiger partial charge in [0.1, 0.15) is 0 Å². The van der Waals surface area contributed by atoms with Gasteiger partial charge in [-0.05, 0) is 24.7 Å². The van der Waals surface area contributed by atoms with Crippen LogP contribution in [0.1, 0.15) is 80.0 Å². The summed E-state index contributed by atoms with van der Waals surface area (Å²) in [6.07, 6.45) is 7.98. The molecular weight excluding hydrogens is 236 g/mol. The summed E-state index contributed by atoms with van der Waals surface area (Å²) < 4.78 is 1.97. The number of hydrogen-bond acceptors (Lipinski definition) is 2. The first-order valence-corrected chi connectivity index (χ1v) is 7.57. The molecule has 0 radical (unpaired) electrons. The lowest BCUT2D eigenvalue weighted by molar-refractivity contribution is 0.0908. The molecule has 2 aliphatic rings. The Bertz CT molecular complexity index is 507.